The van der Waals surface area contributed by atoms with Gasteiger partial charge in [0.1, 0.15) is 0 Å². The molecule has 0 amide bonds. The Hall–Kier alpha value is -1.80. The van der Waals surface area contributed by atoms with E-state index in [0.717, 1.165) is 6.42 Å². The minimum atomic E-state index is -0.238. The third-order valence-electron chi connectivity index (χ3n) is 3.27. The van der Waals surface area contributed by atoms with Crippen LogP contribution < -0.4 is 5.56 Å². The van der Waals surface area contributed by atoms with Gasteiger partial charge in [0.2, 0.25) is 0 Å². The summed E-state index contributed by atoms with van der Waals surface area (Å²) in [7, 11) is 0. The average molecular weight is 287 g/mol. The molecule has 2 rings (SSSR count). The zero-order chi connectivity index (χ0) is 14.7. The van der Waals surface area contributed by atoms with Crippen molar-refractivity contribution < 1.29 is 0 Å². The number of rotatable bonds is 4. The molecule has 2 atom stereocenters. The molecule has 0 spiro atoms. The van der Waals surface area contributed by atoms with Crippen molar-refractivity contribution in [2.45, 2.75) is 43.6 Å². The molecule has 0 radical (unpaired) electrons. The first-order chi connectivity index (χ1) is 9.58. The molecule has 1 aromatic heterocycles. The third kappa shape index (κ3) is 2.70. The first-order valence-electron chi connectivity index (χ1n) is 6.66. The summed E-state index contributed by atoms with van der Waals surface area (Å²) in [5, 5.41) is 9.99. The Morgan fingerprint density at radius 1 is 1.40 bits per heavy atom. The fourth-order valence-corrected chi connectivity index (χ4v) is 2.86. The maximum atomic E-state index is 12.6. The Balaban J connectivity index is 2.70. The van der Waals surface area contributed by atoms with Crippen molar-refractivity contribution in [2.75, 3.05) is 0 Å². The lowest BCUT2D eigenvalue weighted by Gasteiger charge is -2.18. The molecule has 20 heavy (non-hydrogen) atoms. The second kappa shape index (κ2) is 6.10. The number of hydrogen-bond acceptors (Lipinski definition) is 4. The second-order valence-corrected chi connectivity index (χ2v) is 6.04. The quantitative estimate of drug-likeness (QED) is 0.639. The van der Waals surface area contributed by atoms with Crippen LogP contribution in [0, 0.1) is 11.3 Å². The zero-order valence-electron chi connectivity index (χ0n) is 11.8. The molecule has 0 saturated heterocycles. The largest absolute Gasteiger partial charge is 0.284 e. The zero-order valence-corrected chi connectivity index (χ0v) is 12.6. The van der Waals surface area contributed by atoms with E-state index in [0.29, 0.717) is 16.1 Å². The van der Waals surface area contributed by atoms with Crippen LogP contribution in [0.15, 0.2) is 34.2 Å². The van der Waals surface area contributed by atoms with Gasteiger partial charge in [-0.3, -0.25) is 9.36 Å². The van der Waals surface area contributed by atoms with Crippen molar-refractivity contribution in [1.29, 1.82) is 5.26 Å². The van der Waals surface area contributed by atoms with Crippen LogP contribution in [0.5, 0.6) is 0 Å². The van der Waals surface area contributed by atoms with Crippen LogP contribution in [0.3, 0.4) is 0 Å². The number of nitrogens with zero attached hydrogens (tertiary/aromatic N) is 3. The third-order valence-corrected chi connectivity index (χ3v) is 4.23. The summed E-state index contributed by atoms with van der Waals surface area (Å²) < 4.78 is 1.71. The highest BCUT2D eigenvalue weighted by atomic mass is 32.2. The highest BCUT2D eigenvalue weighted by Gasteiger charge is 2.17. The maximum absolute atomic E-state index is 12.6. The van der Waals surface area contributed by atoms with Crippen LogP contribution in [0.2, 0.25) is 0 Å². The van der Waals surface area contributed by atoms with Crippen LogP contribution >= 0.6 is 11.8 Å². The number of nitriles is 1. The molecule has 1 heterocycles. The maximum Gasteiger partial charge on any atom is 0.262 e. The molecule has 0 fully saturated rings. The van der Waals surface area contributed by atoms with E-state index in [-0.39, 0.29) is 16.9 Å². The fourth-order valence-electron chi connectivity index (χ4n) is 1.96. The van der Waals surface area contributed by atoms with Crippen LogP contribution in [0.4, 0.5) is 0 Å². The van der Waals surface area contributed by atoms with Crippen LogP contribution in [-0.4, -0.2) is 14.8 Å². The van der Waals surface area contributed by atoms with E-state index < -0.39 is 0 Å². The summed E-state index contributed by atoms with van der Waals surface area (Å²) in [5.41, 5.74) is 0.655. The molecule has 0 N–H and O–H groups in total. The molecule has 104 valence electrons. The van der Waals surface area contributed by atoms with E-state index in [2.05, 4.69) is 11.1 Å². The lowest BCUT2D eigenvalue weighted by molar-refractivity contribution is 0.468. The molecule has 5 heteroatoms. The first-order valence-corrected chi connectivity index (χ1v) is 7.54. The Morgan fingerprint density at radius 3 is 2.75 bits per heavy atom. The predicted octanol–water partition coefficient (Wildman–Crippen LogP) is 3.37. The number of benzene rings is 1. The Morgan fingerprint density at radius 2 is 2.10 bits per heavy atom. The van der Waals surface area contributed by atoms with E-state index in [1.807, 2.05) is 39.0 Å². The highest BCUT2D eigenvalue weighted by Crippen LogP contribution is 2.25. The minimum absolute atomic E-state index is 0.0300. The summed E-state index contributed by atoms with van der Waals surface area (Å²) in [6.07, 6.45) is 0.842. The van der Waals surface area contributed by atoms with E-state index in [4.69, 9.17) is 5.26 Å². The first kappa shape index (κ1) is 14.6. The lowest BCUT2D eigenvalue weighted by atomic mass is 10.2. The van der Waals surface area contributed by atoms with Crippen LogP contribution in [0.25, 0.3) is 10.9 Å². The minimum Gasteiger partial charge on any atom is -0.284 e. The average Bonchev–Trinajstić information content (AvgIpc) is 2.46. The number of para-hydroxylation sites is 1. The molecular weight excluding hydrogens is 270 g/mol. The van der Waals surface area contributed by atoms with Gasteiger partial charge < -0.3 is 0 Å². The summed E-state index contributed by atoms with van der Waals surface area (Å²) in [6, 6.07) is 9.58. The molecule has 0 bridgehead atoms. The molecule has 0 aliphatic heterocycles. The standard InChI is InChI=1S/C15H17N3OS/c1-4-10(2)18-14(19)12-7-5-6-8-13(12)17-15(18)20-11(3)9-16/h5-8,10-11H,4H2,1-3H3/t10-,11+/m0/s1. The van der Waals surface area contributed by atoms with Gasteiger partial charge in [-0.15, -0.1) is 0 Å². The van der Waals surface area contributed by atoms with E-state index in [1.54, 1.807) is 10.6 Å². The molecule has 0 aliphatic carbocycles. The molecule has 1 aromatic carbocycles. The Labute approximate surface area is 122 Å². The van der Waals surface area contributed by atoms with Crippen molar-refractivity contribution in [3.63, 3.8) is 0 Å². The fraction of sp³-hybridized carbons (Fsp3) is 0.400. The molecule has 0 saturated carbocycles. The Bertz CT molecular complexity index is 717. The lowest BCUT2D eigenvalue weighted by Crippen LogP contribution is -2.26. The van der Waals surface area contributed by atoms with Gasteiger partial charge >= 0.3 is 0 Å². The summed E-state index contributed by atoms with van der Waals surface area (Å²) in [4.78, 5) is 17.2. The SMILES string of the molecule is CC[C@H](C)n1c(S[C@H](C)C#N)nc2ccccc2c1=O. The normalized spacial score (nSPS) is 13.9. The summed E-state index contributed by atoms with van der Waals surface area (Å²) >= 11 is 1.33. The van der Waals surface area contributed by atoms with Gasteiger partial charge in [-0.05, 0) is 32.4 Å². The van der Waals surface area contributed by atoms with Crippen LogP contribution in [-0.2, 0) is 0 Å². The van der Waals surface area contributed by atoms with Crippen molar-refractivity contribution in [3.8, 4) is 6.07 Å². The van der Waals surface area contributed by atoms with Gasteiger partial charge in [0.05, 0.1) is 22.2 Å². The number of thioether (sulfide) groups is 1. The van der Waals surface area contributed by atoms with E-state index >= 15 is 0 Å². The smallest absolute Gasteiger partial charge is 0.262 e. The topological polar surface area (TPSA) is 58.7 Å². The van der Waals surface area contributed by atoms with Gasteiger partial charge in [-0.2, -0.15) is 5.26 Å². The number of fused-ring (bicyclic) bond motifs is 1. The summed E-state index contributed by atoms with van der Waals surface area (Å²) in [5.74, 6) is 0. The van der Waals surface area contributed by atoms with E-state index in [9.17, 15) is 4.79 Å². The van der Waals surface area contributed by atoms with Crippen molar-refractivity contribution >= 4 is 22.7 Å². The van der Waals surface area contributed by atoms with Gasteiger partial charge in [0.15, 0.2) is 5.16 Å². The predicted molar refractivity (Wildman–Crippen MR) is 81.9 cm³/mol. The van der Waals surface area contributed by atoms with Crippen molar-refractivity contribution in [2.24, 2.45) is 0 Å². The van der Waals surface area contributed by atoms with Gasteiger partial charge in [-0.25, -0.2) is 4.98 Å². The van der Waals surface area contributed by atoms with Gasteiger partial charge in [0, 0.05) is 6.04 Å². The second-order valence-electron chi connectivity index (χ2n) is 4.73. The molecule has 4 nitrogen and oxygen atoms in total. The summed E-state index contributed by atoms with van der Waals surface area (Å²) in [6.45, 7) is 5.85. The van der Waals surface area contributed by atoms with Crippen molar-refractivity contribution in [3.05, 3.63) is 34.6 Å². The van der Waals surface area contributed by atoms with Gasteiger partial charge in [-0.1, -0.05) is 30.8 Å². The monoisotopic (exact) mass is 287 g/mol. The molecular formula is C15H17N3OS. The number of aromatic nitrogens is 2. The number of hydrogen-bond donors (Lipinski definition) is 0. The molecule has 2 aromatic rings. The van der Waals surface area contributed by atoms with Gasteiger partial charge in [0.25, 0.3) is 5.56 Å². The Kier molecular flexibility index (Phi) is 4.46. The van der Waals surface area contributed by atoms with E-state index in [1.165, 1.54) is 11.8 Å². The molecule has 0 aliphatic rings. The molecule has 0 unspecified atom stereocenters. The van der Waals surface area contributed by atoms with Crippen LogP contribution in [0.1, 0.15) is 33.2 Å². The highest BCUT2D eigenvalue weighted by molar-refractivity contribution is 8.00. The van der Waals surface area contributed by atoms with Crippen molar-refractivity contribution in [1.82, 2.24) is 9.55 Å².